The number of rotatable bonds is 3. The molecule has 0 radical (unpaired) electrons. The first kappa shape index (κ1) is 16.0. The summed E-state index contributed by atoms with van der Waals surface area (Å²) in [5.41, 5.74) is 1.20. The molecule has 1 aliphatic rings. The first-order chi connectivity index (χ1) is 11.0. The van der Waals surface area contributed by atoms with Crippen molar-refractivity contribution in [2.45, 2.75) is 6.92 Å². The molecule has 3 rings (SSSR count). The number of halogens is 1. The van der Waals surface area contributed by atoms with Gasteiger partial charge in [0, 0.05) is 57.1 Å². The lowest BCUT2D eigenvalue weighted by atomic mass is 10.2. The number of piperazine rings is 1. The van der Waals surface area contributed by atoms with Crippen molar-refractivity contribution in [3.8, 4) is 0 Å². The van der Waals surface area contributed by atoms with Gasteiger partial charge in [0.2, 0.25) is 5.95 Å². The molecule has 1 saturated heterocycles. The Bertz CT molecular complexity index is 682. The van der Waals surface area contributed by atoms with Crippen LogP contribution in [0.4, 0.5) is 17.6 Å². The van der Waals surface area contributed by atoms with Gasteiger partial charge in [0.15, 0.2) is 0 Å². The SMILES string of the molecule is Cc1cc(Br)cnc1N1CCN(c2ccnc(N(C)C)n2)CC1. The molecule has 0 aliphatic carbocycles. The standard InChI is InChI=1S/C16H21BrN6/c1-12-10-13(17)11-19-15(12)23-8-6-22(7-9-23)14-4-5-18-16(20-14)21(2)3/h4-5,10-11H,6-9H2,1-3H3. The molecule has 0 bridgehead atoms. The van der Waals surface area contributed by atoms with Crippen molar-refractivity contribution in [1.29, 1.82) is 0 Å². The molecule has 0 atom stereocenters. The van der Waals surface area contributed by atoms with Crippen molar-refractivity contribution in [2.24, 2.45) is 0 Å². The fraction of sp³-hybridized carbons (Fsp3) is 0.438. The van der Waals surface area contributed by atoms with Gasteiger partial charge in [0.05, 0.1) is 0 Å². The normalized spacial score (nSPS) is 15.0. The summed E-state index contributed by atoms with van der Waals surface area (Å²) in [4.78, 5) is 20.0. The van der Waals surface area contributed by atoms with Gasteiger partial charge < -0.3 is 14.7 Å². The molecule has 0 amide bonds. The number of anilines is 3. The molecular formula is C16H21BrN6. The number of hydrogen-bond donors (Lipinski definition) is 0. The fourth-order valence-electron chi connectivity index (χ4n) is 2.74. The third kappa shape index (κ3) is 3.55. The second-order valence-electron chi connectivity index (χ2n) is 5.88. The number of aryl methyl sites for hydroxylation is 1. The zero-order valence-corrected chi connectivity index (χ0v) is 15.3. The summed E-state index contributed by atoms with van der Waals surface area (Å²) >= 11 is 3.47. The van der Waals surface area contributed by atoms with E-state index in [1.165, 1.54) is 5.56 Å². The Morgan fingerprint density at radius 3 is 2.43 bits per heavy atom. The van der Waals surface area contributed by atoms with Crippen LogP contribution in [-0.2, 0) is 0 Å². The summed E-state index contributed by atoms with van der Waals surface area (Å²) < 4.78 is 1.02. The molecule has 7 heteroatoms. The fourth-order valence-corrected chi connectivity index (χ4v) is 3.19. The average molecular weight is 377 g/mol. The van der Waals surface area contributed by atoms with Gasteiger partial charge >= 0.3 is 0 Å². The summed E-state index contributed by atoms with van der Waals surface area (Å²) in [7, 11) is 3.91. The minimum atomic E-state index is 0.746. The highest BCUT2D eigenvalue weighted by atomic mass is 79.9. The molecule has 1 aliphatic heterocycles. The topological polar surface area (TPSA) is 48.4 Å². The maximum Gasteiger partial charge on any atom is 0.226 e. The van der Waals surface area contributed by atoms with Gasteiger partial charge in [0.25, 0.3) is 0 Å². The summed E-state index contributed by atoms with van der Waals surface area (Å²) in [5.74, 6) is 2.81. The van der Waals surface area contributed by atoms with Crippen molar-refractivity contribution >= 4 is 33.5 Å². The minimum Gasteiger partial charge on any atom is -0.353 e. The molecule has 23 heavy (non-hydrogen) atoms. The molecule has 0 aromatic carbocycles. The Morgan fingerprint density at radius 1 is 1.09 bits per heavy atom. The van der Waals surface area contributed by atoms with E-state index >= 15 is 0 Å². The van der Waals surface area contributed by atoms with Crippen LogP contribution < -0.4 is 14.7 Å². The number of nitrogens with zero attached hydrogens (tertiary/aromatic N) is 6. The van der Waals surface area contributed by atoms with Crippen LogP contribution in [-0.4, -0.2) is 55.2 Å². The average Bonchev–Trinajstić information content (AvgIpc) is 2.55. The van der Waals surface area contributed by atoms with Gasteiger partial charge in [-0.2, -0.15) is 4.98 Å². The van der Waals surface area contributed by atoms with E-state index in [4.69, 9.17) is 0 Å². The van der Waals surface area contributed by atoms with Gasteiger partial charge in [0.1, 0.15) is 11.6 Å². The number of hydrogen-bond acceptors (Lipinski definition) is 6. The van der Waals surface area contributed by atoms with E-state index in [1.807, 2.05) is 37.5 Å². The van der Waals surface area contributed by atoms with Crippen LogP contribution in [0.2, 0.25) is 0 Å². The van der Waals surface area contributed by atoms with E-state index in [1.54, 1.807) is 0 Å². The summed E-state index contributed by atoms with van der Waals surface area (Å²) in [6.45, 7) is 5.85. The molecule has 0 unspecified atom stereocenters. The quantitative estimate of drug-likeness (QED) is 0.819. The van der Waals surface area contributed by atoms with Crippen molar-refractivity contribution in [3.05, 3.63) is 34.6 Å². The van der Waals surface area contributed by atoms with Crippen molar-refractivity contribution < 1.29 is 0 Å². The van der Waals surface area contributed by atoms with Crippen LogP contribution in [0.15, 0.2) is 29.0 Å². The molecule has 0 spiro atoms. The second-order valence-corrected chi connectivity index (χ2v) is 6.79. The van der Waals surface area contributed by atoms with E-state index in [9.17, 15) is 0 Å². The highest BCUT2D eigenvalue weighted by molar-refractivity contribution is 9.10. The van der Waals surface area contributed by atoms with Crippen LogP contribution in [0.25, 0.3) is 0 Å². The first-order valence-corrected chi connectivity index (χ1v) is 8.46. The molecule has 2 aromatic rings. The van der Waals surface area contributed by atoms with Gasteiger partial charge in [-0.15, -0.1) is 0 Å². The molecule has 0 saturated carbocycles. The minimum absolute atomic E-state index is 0.746. The predicted molar refractivity (Wildman–Crippen MR) is 97.5 cm³/mol. The van der Waals surface area contributed by atoms with Crippen LogP contribution in [0, 0.1) is 6.92 Å². The monoisotopic (exact) mass is 376 g/mol. The predicted octanol–water partition coefficient (Wildman–Crippen LogP) is 2.34. The van der Waals surface area contributed by atoms with Crippen molar-refractivity contribution in [3.63, 3.8) is 0 Å². The smallest absolute Gasteiger partial charge is 0.226 e. The van der Waals surface area contributed by atoms with Crippen LogP contribution >= 0.6 is 15.9 Å². The van der Waals surface area contributed by atoms with Gasteiger partial charge in [-0.3, -0.25) is 0 Å². The maximum absolute atomic E-state index is 4.62. The highest BCUT2D eigenvalue weighted by Crippen LogP contribution is 2.23. The lowest BCUT2D eigenvalue weighted by Gasteiger charge is -2.36. The molecule has 3 heterocycles. The molecule has 2 aromatic heterocycles. The van der Waals surface area contributed by atoms with Crippen molar-refractivity contribution in [2.75, 3.05) is 55.0 Å². The van der Waals surface area contributed by atoms with E-state index in [0.717, 1.165) is 48.2 Å². The first-order valence-electron chi connectivity index (χ1n) is 7.67. The summed E-state index contributed by atoms with van der Waals surface area (Å²) in [6.07, 6.45) is 3.69. The van der Waals surface area contributed by atoms with Crippen LogP contribution in [0.3, 0.4) is 0 Å². The maximum atomic E-state index is 4.62. The Kier molecular flexibility index (Phi) is 4.66. The summed E-state index contributed by atoms with van der Waals surface area (Å²) in [6, 6.07) is 4.09. The van der Waals surface area contributed by atoms with E-state index in [0.29, 0.717) is 0 Å². The van der Waals surface area contributed by atoms with Gasteiger partial charge in [-0.05, 0) is 40.5 Å². The Labute approximate surface area is 145 Å². The molecule has 1 fully saturated rings. The molecular weight excluding hydrogens is 356 g/mol. The van der Waals surface area contributed by atoms with Crippen LogP contribution in [0.5, 0.6) is 0 Å². The largest absolute Gasteiger partial charge is 0.353 e. The van der Waals surface area contributed by atoms with E-state index in [-0.39, 0.29) is 0 Å². The second kappa shape index (κ2) is 6.70. The van der Waals surface area contributed by atoms with E-state index in [2.05, 4.69) is 53.7 Å². The lowest BCUT2D eigenvalue weighted by Crippen LogP contribution is -2.47. The third-order valence-electron chi connectivity index (χ3n) is 3.95. The molecule has 122 valence electrons. The highest BCUT2D eigenvalue weighted by Gasteiger charge is 2.20. The third-order valence-corrected chi connectivity index (χ3v) is 4.38. The van der Waals surface area contributed by atoms with Crippen molar-refractivity contribution in [1.82, 2.24) is 15.0 Å². The number of pyridine rings is 1. The van der Waals surface area contributed by atoms with Gasteiger partial charge in [-0.25, -0.2) is 9.97 Å². The van der Waals surface area contributed by atoms with E-state index < -0.39 is 0 Å². The number of aromatic nitrogens is 3. The zero-order chi connectivity index (χ0) is 16.4. The zero-order valence-electron chi connectivity index (χ0n) is 13.7. The lowest BCUT2D eigenvalue weighted by molar-refractivity contribution is 0.639. The Morgan fingerprint density at radius 2 is 1.78 bits per heavy atom. The van der Waals surface area contributed by atoms with Gasteiger partial charge in [-0.1, -0.05) is 0 Å². The Hall–Kier alpha value is -1.89. The summed E-state index contributed by atoms with van der Waals surface area (Å²) in [5, 5.41) is 0. The molecule has 0 N–H and O–H groups in total. The Balaban J connectivity index is 1.70. The molecule has 6 nitrogen and oxygen atoms in total. The van der Waals surface area contributed by atoms with Crippen LogP contribution in [0.1, 0.15) is 5.56 Å².